The van der Waals surface area contributed by atoms with Crippen LogP contribution >= 0.6 is 0 Å². The molecule has 0 bridgehead atoms. The lowest BCUT2D eigenvalue weighted by atomic mass is 10.3. The van der Waals surface area contributed by atoms with E-state index < -0.39 is 24.5 Å². The number of hydrogen-bond donors (Lipinski definition) is 1. The molecule has 0 fully saturated rings. The van der Waals surface area contributed by atoms with Crippen LogP contribution in [-0.2, 0) is 4.74 Å². The minimum atomic E-state index is -6.71. The molecule has 0 amide bonds. The Morgan fingerprint density at radius 2 is 1.07 bits per heavy atom. The summed E-state index contributed by atoms with van der Waals surface area (Å²) >= 11 is 0. The zero-order chi connectivity index (χ0) is 12.7. The molecule has 0 unspecified atom stereocenters. The van der Waals surface area contributed by atoms with Gasteiger partial charge in [-0.05, 0) is 0 Å². The van der Waals surface area contributed by atoms with Gasteiger partial charge in [-0.15, -0.1) is 13.2 Å². The van der Waals surface area contributed by atoms with Crippen LogP contribution in [0.2, 0.25) is 0 Å². The second kappa shape index (κ2) is 3.40. The van der Waals surface area contributed by atoms with E-state index in [1.807, 2.05) is 0 Å². The van der Waals surface area contributed by atoms with Crippen LogP contribution < -0.4 is 0 Å². The molecule has 11 heteroatoms. The molecular weight excluding hydrogens is 251 g/mol. The summed E-state index contributed by atoms with van der Waals surface area (Å²) in [6.07, 6.45) is -19.2. The molecule has 0 saturated heterocycles. The van der Waals surface area contributed by atoms with Crippen LogP contribution in [0, 0.1) is 0 Å². The molecule has 0 saturated carbocycles. The van der Waals surface area contributed by atoms with Gasteiger partial charge in [0.1, 0.15) is 0 Å². The molecule has 0 aliphatic rings. The van der Waals surface area contributed by atoms with Crippen LogP contribution in [0.1, 0.15) is 0 Å². The third-order valence-electron chi connectivity index (χ3n) is 0.987. The topological polar surface area (TPSA) is 29.5 Å². The molecule has 15 heavy (non-hydrogen) atoms. The highest BCUT2D eigenvalue weighted by molar-refractivity contribution is 4.84. The average Bonchev–Trinajstić information content (AvgIpc) is 1.77. The van der Waals surface area contributed by atoms with Gasteiger partial charge in [-0.2, -0.15) is 26.3 Å². The molecule has 0 heterocycles. The fraction of sp³-hybridized carbons (Fsp3) is 1.00. The lowest BCUT2D eigenvalue weighted by Gasteiger charge is -2.28. The van der Waals surface area contributed by atoms with Gasteiger partial charge in [-0.25, -0.2) is 4.74 Å². The first-order chi connectivity index (χ1) is 6.21. The van der Waals surface area contributed by atoms with Gasteiger partial charge in [0.2, 0.25) is 0 Å². The summed E-state index contributed by atoms with van der Waals surface area (Å²) in [6.45, 7) is 0. The third kappa shape index (κ3) is 3.12. The monoisotopic (exact) mass is 252 g/mol. The minimum Gasteiger partial charge on any atom is -0.331 e. The molecule has 92 valence electrons. The summed E-state index contributed by atoms with van der Waals surface area (Å²) in [5.41, 5.74) is 0. The van der Waals surface area contributed by atoms with Crippen LogP contribution in [0.5, 0.6) is 0 Å². The summed E-state index contributed by atoms with van der Waals surface area (Å²) in [5.74, 6) is -6.71. The number of aliphatic hydroxyl groups is 1. The van der Waals surface area contributed by atoms with E-state index in [0.29, 0.717) is 0 Å². The van der Waals surface area contributed by atoms with Crippen LogP contribution in [0.15, 0.2) is 0 Å². The molecule has 0 aromatic carbocycles. The largest absolute Gasteiger partial charge is 0.527 e. The summed E-state index contributed by atoms with van der Waals surface area (Å²) in [6, 6.07) is 0. The van der Waals surface area contributed by atoms with Gasteiger partial charge >= 0.3 is 24.5 Å². The highest BCUT2D eigenvalue weighted by Crippen LogP contribution is 2.47. The predicted octanol–water partition coefficient (Wildman–Crippen LogP) is 2.34. The minimum absolute atomic E-state index is 1.49. The molecule has 0 atom stereocenters. The van der Waals surface area contributed by atoms with E-state index >= 15 is 0 Å². The Morgan fingerprint density at radius 3 is 1.27 bits per heavy atom. The van der Waals surface area contributed by atoms with E-state index in [4.69, 9.17) is 5.11 Å². The lowest BCUT2D eigenvalue weighted by Crippen LogP contribution is -2.56. The van der Waals surface area contributed by atoms with Crippen molar-refractivity contribution in [3.8, 4) is 0 Å². The van der Waals surface area contributed by atoms with E-state index in [-0.39, 0.29) is 0 Å². The Labute approximate surface area is 75.2 Å². The second-order valence-corrected chi connectivity index (χ2v) is 2.18. The molecule has 0 radical (unpaired) electrons. The van der Waals surface area contributed by atoms with Gasteiger partial charge in [0.15, 0.2) is 0 Å². The maximum Gasteiger partial charge on any atom is 0.527 e. The Kier molecular flexibility index (Phi) is 3.24. The number of rotatable bonds is 3. The van der Waals surface area contributed by atoms with E-state index in [1.165, 1.54) is 4.74 Å². The van der Waals surface area contributed by atoms with Crippen molar-refractivity contribution < 1.29 is 49.4 Å². The molecule has 1 N–H and O–H groups in total. The van der Waals surface area contributed by atoms with E-state index in [2.05, 4.69) is 0 Å². The van der Waals surface area contributed by atoms with Gasteiger partial charge in [0.05, 0.1) is 0 Å². The zero-order valence-electron chi connectivity index (χ0n) is 6.26. The molecule has 2 nitrogen and oxygen atoms in total. The number of alkyl halides is 9. The summed E-state index contributed by atoms with van der Waals surface area (Å²) in [4.78, 5) is 0. The first-order valence-electron chi connectivity index (χ1n) is 2.83. The van der Waals surface area contributed by atoms with Gasteiger partial charge in [0, 0.05) is 0 Å². The van der Waals surface area contributed by atoms with Gasteiger partial charge in [0.25, 0.3) is 0 Å². The Morgan fingerprint density at radius 1 is 0.733 bits per heavy atom. The summed E-state index contributed by atoms with van der Waals surface area (Å²) < 4.78 is 105. The van der Waals surface area contributed by atoms with Crippen molar-refractivity contribution in [2.45, 2.75) is 24.5 Å². The molecule has 0 aromatic rings. The summed E-state index contributed by atoms with van der Waals surface area (Å²) in [7, 11) is 0. The normalized spacial score (nSPS) is 15.6. The van der Waals surface area contributed by atoms with Crippen molar-refractivity contribution >= 4 is 0 Å². The van der Waals surface area contributed by atoms with E-state index in [9.17, 15) is 39.5 Å². The van der Waals surface area contributed by atoms with Crippen LogP contribution in [0.4, 0.5) is 39.5 Å². The third-order valence-corrected chi connectivity index (χ3v) is 0.987. The predicted molar refractivity (Wildman–Crippen MR) is 24.2 cm³/mol. The van der Waals surface area contributed by atoms with Crippen molar-refractivity contribution in [3.63, 3.8) is 0 Å². The Bertz CT molecular complexity index is 225. The van der Waals surface area contributed by atoms with Gasteiger partial charge < -0.3 is 5.11 Å². The van der Waals surface area contributed by atoms with Crippen molar-refractivity contribution in [3.05, 3.63) is 0 Å². The van der Waals surface area contributed by atoms with E-state index in [0.717, 1.165) is 0 Å². The van der Waals surface area contributed by atoms with Crippen LogP contribution in [0.25, 0.3) is 0 Å². The standard InChI is InChI=1S/C4HF9O2/c5-1(6,2(7,8)14)3(9,10)15-4(11,12)13/h14H. The number of ether oxygens (including phenoxy) is 1. The quantitative estimate of drug-likeness (QED) is 0.781. The number of halogens is 9. The molecular formula is C4HF9O2. The highest BCUT2D eigenvalue weighted by Gasteiger charge is 2.75. The zero-order valence-corrected chi connectivity index (χ0v) is 6.26. The smallest absolute Gasteiger partial charge is 0.331 e. The van der Waals surface area contributed by atoms with Crippen LogP contribution in [0.3, 0.4) is 0 Å². The SMILES string of the molecule is OC(F)(F)C(F)(F)C(F)(F)OC(F)(F)F. The Hall–Kier alpha value is -0.710. The molecule has 0 aliphatic heterocycles. The maximum atomic E-state index is 11.9. The van der Waals surface area contributed by atoms with E-state index in [1.54, 1.807) is 0 Å². The molecule has 0 aromatic heterocycles. The fourth-order valence-corrected chi connectivity index (χ4v) is 0.385. The average molecular weight is 252 g/mol. The van der Waals surface area contributed by atoms with Crippen molar-refractivity contribution in [2.75, 3.05) is 0 Å². The molecule has 0 aliphatic carbocycles. The first kappa shape index (κ1) is 14.3. The number of hydrogen-bond acceptors (Lipinski definition) is 2. The maximum absolute atomic E-state index is 11.9. The van der Waals surface area contributed by atoms with Crippen molar-refractivity contribution in [1.29, 1.82) is 0 Å². The van der Waals surface area contributed by atoms with Crippen molar-refractivity contribution in [1.82, 2.24) is 0 Å². The first-order valence-corrected chi connectivity index (χ1v) is 2.83. The summed E-state index contributed by atoms with van der Waals surface area (Å²) in [5, 5.41) is 7.27. The lowest BCUT2D eigenvalue weighted by molar-refractivity contribution is -0.503. The molecule has 0 rings (SSSR count). The van der Waals surface area contributed by atoms with Gasteiger partial charge in [-0.1, -0.05) is 0 Å². The van der Waals surface area contributed by atoms with Crippen molar-refractivity contribution in [2.24, 2.45) is 0 Å². The highest BCUT2D eigenvalue weighted by atomic mass is 19.4. The second-order valence-electron chi connectivity index (χ2n) is 2.18. The van der Waals surface area contributed by atoms with Crippen LogP contribution in [-0.4, -0.2) is 29.6 Å². The molecule has 0 spiro atoms. The fourth-order valence-electron chi connectivity index (χ4n) is 0.385. The Balaban J connectivity index is 5.03. The van der Waals surface area contributed by atoms with Gasteiger partial charge in [-0.3, -0.25) is 0 Å².